The maximum absolute atomic E-state index is 3.71. The second-order valence-corrected chi connectivity index (χ2v) is 9.43. The van der Waals surface area contributed by atoms with Gasteiger partial charge in [0.1, 0.15) is 0 Å². The molecular weight excluding hydrogens is 496 g/mol. The van der Waals surface area contributed by atoms with Gasteiger partial charge in [0.25, 0.3) is 0 Å². The van der Waals surface area contributed by atoms with E-state index in [0.29, 0.717) is 23.7 Å². The van der Waals surface area contributed by atoms with E-state index in [2.05, 4.69) is 108 Å². The van der Waals surface area contributed by atoms with Crippen LogP contribution in [0.1, 0.15) is 101 Å². The molecule has 0 aliphatic rings. The zero-order valence-corrected chi connectivity index (χ0v) is 24.0. The third-order valence-electron chi connectivity index (χ3n) is 5.63. The van der Waals surface area contributed by atoms with E-state index in [4.69, 9.17) is 0 Å². The van der Waals surface area contributed by atoms with Crippen molar-refractivity contribution in [2.75, 3.05) is 30.4 Å². The number of anilines is 2. The van der Waals surface area contributed by atoms with Gasteiger partial charge in [-0.3, -0.25) is 5.32 Å². The topological polar surface area (TPSA) is 36.1 Å². The summed E-state index contributed by atoms with van der Waals surface area (Å²) in [7, 11) is 0. The molecule has 6 heteroatoms. The number of para-hydroxylation sites is 1. The van der Waals surface area contributed by atoms with Gasteiger partial charge in [0.05, 0.1) is 6.67 Å². The van der Waals surface area contributed by atoms with E-state index < -0.39 is 0 Å². The predicted octanol–water partition coefficient (Wildman–Crippen LogP) is 1.06. The molecule has 0 fully saturated rings. The maximum atomic E-state index is 3.71. The van der Waals surface area contributed by atoms with Gasteiger partial charge in [-0.1, -0.05) is 79.3 Å². The van der Waals surface area contributed by atoms with E-state index in [-0.39, 0.29) is 41.6 Å². The Balaban J connectivity index is 0. The summed E-state index contributed by atoms with van der Waals surface area (Å²) in [5, 5.41) is 10.9. The van der Waals surface area contributed by atoms with Gasteiger partial charge in [-0.25, -0.2) is 0 Å². The second kappa shape index (κ2) is 16.7. The Morgan fingerprint density at radius 3 is 1.67 bits per heavy atom. The van der Waals surface area contributed by atoms with Gasteiger partial charge < -0.3 is 35.4 Å². The van der Waals surface area contributed by atoms with Crippen molar-refractivity contribution in [3.8, 4) is 0 Å². The normalized spacial score (nSPS) is 10.7. The van der Waals surface area contributed by atoms with Crippen molar-refractivity contribution < 1.29 is 41.6 Å². The van der Waals surface area contributed by atoms with Gasteiger partial charge in [-0.05, 0) is 34.8 Å². The molecular formula is C27H42Cl2CoN3. The monoisotopic (exact) mass is 537 g/mol. The molecule has 188 valence electrons. The molecule has 0 saturated carbocycles. The molecule has 0 unspecified atom stereocenters. The first-order valence-electron chi connectivity index (χ1n) is 11.6. The van der Waals surface area contributed by atoms with Crippen LogP contribution in [0.3, 0.4) is 0 Å². The fraction of sp³-hybridized carbons (Fsp3) is 0.556. The first-order chi connectivity index (χ1) is 14.2. The summed E-state index contributed by atoms with van der Waals surface area (Å²) in [6, 6.07) is 14.4. The minimum absolute atomic E-state index is 0. The van der Waals surface area contributed by atoms with Gasteiger partial charge in [-0.15, -0.1) is 11.1 Å². The fourth-order valence-electron chi connectivity index (χ4n) is 3.94. The van der Waals surface area contributed by atoms with E-state index >= 15 is 0 Å². The molecule has 0 radical (unpaired) electrons. The van der Waals surface area contributed by atoms with Crippen molar-refractivity contribution in [2.24, 2.45) is 0 Å². The largest absolute Gasteiger partial charge is 3.00 e. The smallest absolute Gasteiger partial charge is 1.00 e. The fourth-order valence-corrected chi connectivity index (χ4v) is 3.94. The SMILES string of the molecule is CC(C)c1[c-]ccc(C(C)C)c1NCNCCNc1c(C(C)C)cccc1C(C)C.[Cl-].[Cl-].[Co+3]. The summed E-state index contributed by atoms with van der Waals surface area (Å²) in [5.74, 6) is 1.97. The zero-order chi connectivity index (χ0) is 22.3. The molecule has 0 aliphatic carbocycles. The van der Waals surface area contributed by atoms with Crippen molar-refractivity contribution in [1.29, 1.82) is 0 Å². The van der Waals surface area contributed by atoms with Crippen LogP contribution in [0.15, 0.2) is 30.3 Å². The summed E-state index contributed by atoms with van der Waals surface area (Å²) in [5.41, 5.74) is 8.01. The minimum atomic E-state index is 0. The Hall–Kier alpha value is -0.914. The summed E-state index contributed by atoms with van der Waals surface area (Å²) in [6.07, 6.45) is 0. The van der Waals surface area contributed by atoms with Crippen LogP contribution in [-0.4, -0.2) is 19.8 Å². The molecule has 2 aromatic carbocycles. The van der Waals surface area contributed by atoms with Crippen LogP contribution in [0.4, 0.5) is 11.4 Å². The molecule has 0 saturated heterocycles. The van der Waals surface area contributed by atoms with Crippen LogP contribution in [0.5, 0.6) is 0 Å². The van der Waals surface area contributed by atoms with Crippen molar-refractivity contribution in [3.63, 3.8) is 0 Å². The molecule has 0 atom stereocenters. The Labute approximate surface area is 225 Å². The molecule has 2 rings (SSSR count). The Morgan fingerprint density at radius 1 is 0.667 bits per heavy atom. The first-order valence-corrected chi connectivity index (χ1v) is 11.6. The number of nitrogens with one attached hydrogen (secondary N) is 3. The summed E-state index contributed by atoms with van der Waals surface area (Å²) in [6.45, 7) is 20.6. The molecule has 3 N–H and O–H groups in total. The molecule has 0 aromatic heterocycles. The van der Waals surface area contributed by atoms with Crippen LogP contribution >= 0.6 is 0 Å². The van der Waals surface area contributed by atoms with Gasteiger partial charge in [-0.2, -0.15) is 18.2 Å². The van der Waals surface area contributed by atoms with E-state index in [0.717, 1.165) is 19.8 Å². The summed E-state index contributed by atoms with van der Waals surface area (Å²) < 4.78 is 0. The van der Waals surface area contributed by atoms with Gasteiger partial charge in [0.15, 0.2) is 0 Å². The summed E-state index contributed by atoms with van der Waals surface area (Å²) >= 11 is 0. The third-order valence-corrected chi connectivity index (χ3v) is 5.63. The summed E-state index contributed by atoms with van der Waals surface area (Å²) in [4.78, 5) is 0. The molecule has 0 spiro atoms. The van der Waals surface area contributed by atoms with Crippen molar-refractivity contribution in [1.82, 2.24) is 5.32 Å². The number of hydrogen-bond donors (Lipinski definition) is 3. The molecule has 0 bridgehead atoms. The van der Waals surface area contributed by atoms with E-state index in [1.807, 2.05) is 0 Å². The van der Waals surface area contributed by atoms with E-state index in [1.54, 1.807) is 0 Å². The zero-order valence-electron chi connectivity index (χ0n) is 21.4. The van der Waals surface area contributed by atoms with Crippen molar-refractivity contribution in [3.05, 3.63) is 58.7 Å². The van der Waals surface area contributed by atoms with Gasteiger partial charge >= 0.3 is 16.8 Å². The van der Waals surface area contributed by atoms with E-state index in [1.165, 1.54) is 33.6 Å². The van der Waals surface area contributed by atoms with Gasteiger partial charge in [0, 0.05) is 18.8 Å². The first kappa shape index (κ1) is 34.3. The Morgan fingerprint density at radius 2 is 1.18 bits per heavy atom. The minimum Gasteiger partial charge on any atom is -1.00 e. The Kier molecular flexibility index (Phi) is 17.3. The van der Waals surface area contributed by atoms with E-state index in [9.17, 15) is 0 Å². The van der Waals surface area contributed by atoms with Crippen molar-refractivity contribution in [2.45, 2.75) is 79.1 Å². The number of rotatable bonds is 11. The number of hydrogen-bond acceptors (Lipinski definition) is 3. The molecule has 0 amide bonds. The number of halogens is 2. The average molecular weight is 538 g/mol. The Bertz CT molecular complexity index is 688. The quantitative estimate of drug-likeness (QED) is 0.228. The van der Waals surface area contributed by atoms with Crippen LogP contribution in [0, 0.1) is 6.07 Å². The van der Waals surface area contributed by atoms with Crippen molar-refractivity contribution >= 4 is 11.4 Å². The second-order valence-electron chi connectivity index (χ2n) is 9.43. The van der Waals surface area contributed by atoms with Crippen LogP contribution in [-0.2, 0) is 16.8 Å². The molecule has 33 heavy (non-hydrogen) atoms. The maximum Gasteiger partial charge on any atom is 3.00 e. The molecule has 2 aromatic rings. The van der Waals surface area contributed by atoms with Crippen LogP contribution in [0.25, 0.3) is 0 Å². The molecule has 0 aliphatic heterocycles. The third kappa shape index (κ3) is 9.69. The molecule has 0 heterocycles. The standard InChI is InChI=1S/C27H42N3.2ClH.Co/c1-18(2)22-11-9-12-23(19(3)4)26(22)29-16-15-28-17-30-27-24(20(5)6)13-10-14-25(27)21(7)8;;;/h9-13,18-21,28-30H,15-17H2,1-8H3;2*1H;/q-1;;;+3/p-2. The van der Waals surface area contributed by atoms with Crippen LogP contribution < -0.4 is 40.8 Å². The average Bonchev–Trinajstić information content (AvgIpc) is 2.69. The molecule has 3 nitrogen and oxygen atoms in total. The van der Waals surface area contributed by atoms with Gasteiger partial charge in [0.2, 0.25) is 0 Å². The number of benzene rings is 2. The van der Waals surface area contributed by atoms with Crippen LogP contribution in [0.2, 0.25) is 0 Å². The predicted molar refractivity (Wildman–Crippen MR) is 133 cm³/mol.